The first-order valence-electron chi connectivity index (χ1n) is 8.00. The molecule has 0 radical (unpaired) electrons. The zero-order valence-electron chi connectivity index (χ0n) is 13.9. The summed E-state index contributed by atoms with van der Waals surface area (Å²) in [5.41, 5.74) is 0.682. The molecule has 3 amide bonds. The first kappa shape index (κ1) is 16.2. The van der Waals surface area contributed by atoms with Crippen molar-refractivity contribution in [3.63, 3.8) is 0 Å². The summed E-state index contributed by atoms with van der Waals surface area (Å²) in [5, 5.41) is 12.5. The number of thiazole rings is 1. The van der Waals surface area contributed by atoms with Crippen LogP contribution in [0, 0.1) is 11.3 Å². The van der Waals surface area contributed by atoms with Crippen molar-refractivity contribution in [1.29, 1.82) is 5.26 Å². The van der Waals surface area contributed by atoms with Crippen LogP contribution < -0.4 is 5.32 Å². The van der Waals surface area contributed by atoms with E-state index in [4.69, 9.17) is 5.26 Å². The fourth-order valence-corrected chi connectivity index (χ4v) is 4.02. The van der Waals surface area contributed by atoms with Crippen molar-refractivity contribution in [2.75, 3.05) is 0 Å². The molecule has 7 heteroatoms. The van der Waals surface area contributed by atoms with Gasteiger partial charge >= 0.3 is 6.03 Å². The van der Waals surface area contributed by atoms with Gasteiger partial charge < -0.3 is 5.32 Å². The highest BCUT2D eigenvalue weighted by molar-refractivity contribution is 7.18. The summed E-state index contributed by atoms with van der Waals surface area (Å²) >= 11 is 1.46. The van der Waals surface area contributed by atoms with Crippen LogP contribution in [0.3, 0.4) is 0 Å². The van der Waals surface area contributed by atoms with Crippen molar-refractivity contribution in [2.24, 2.45) is 0 Å². The highest BCUT2D eigenvalue weighted by atomic mass is 32.1. The molecule has 1 N–H and O–H groups in total. The summed E-state index contributed by atoms with van der Waals surface area (Å²) in [5.74, 6) is -0.350. The number of para-hydroxylation sites is 1. The number of hydrogen-bond acceptors (Lipinski definition) is 5. The van der Waals surface area contributed by atoms with E-state index in [1.807, 2.05) is 24.3 Å². The summed E-state index contributed by atoms with van der Waals surface area (Å²) in [7, 11) is 0. The Hall–Kier alpha value is -3.24. The number of aromatic nitrogens is 1. The molecule has 0 spiro atoms. The smallest absolute Gasteiger partial charge is 0.319 e. The van der Waals surface area contributed by atoms with E-state index < -0.39 is 11.6 Å². The van der Waals surface area contributed by atoms with Gasteiger partial charge in [0, 0.05) is 0 Å². The molecule has 1 aromatic heterocycles. The number of nitrogens with one attached hydrogen (secondary N) is 1. The number of benzene rings is 2. The average Bonchev–Trinajstić information content (AvgIpc) is 3.16. The van der Waals surface area contributed by atoms with Crippen LogP contribution in [0.2, 0.25) is 0 Å². The Labute approximate surface area is 153 Å². The molecule has 26 heavy (non-hydrogen) atoms. The number of nitrogens with zero attached hydrogens (tertiary/aromatic N) is 3. The van der Waals surface area contributed by atoms with Gasteiger partial charge in [0.1, 0.15) is 10.5 Å². The van der Waals surface area contributed by atoms with Gasteiger partial charge in [0.2, 0.25) is 0 Å². The molecule has 1 unspecified atom stereocenters. The summed E-state index contributed by atoms with van der Waals surface area (Å²) in [4.78, 5) is 31.1. The summed E-state index contributed by atoms with van der Waals surface area (Å²) < 4.78 is 1.01. The standard InChI is InChI=1S/C19H14N4O2S/c1-19(13-6-4-5-12(9-13)10-20)17(24)23(18(25)22-19)11-16-21-14-7-2-3-8-15(14)26-16/h2-9H,11H2,1H3,(H,22,25). The highest BCUT2D eigenvalue weighted by Crippen LogP contribution is 2.31. The van der Waals surface area contributed by atoms with Crippen LogP contribution in [0.15, 0.2) is 48.5 Å². The molecule has 0 saturated carbocycles. The minimum Gasteiger partial charge on any atom is -0.319 e. The maximum absolute atomic E-state index is 13.0. The first-order valence-corrected chi connectivity index (χ1v) is 8.82. The second-order valence-corrected chi connectivity index (χ2v) is 7.33. The van der Waals surface area contributed by atoms with Gasteiger partial charge in [0.25, 0.3) is 5.91 Å². The molecule has 0 aliphatic carbocycles. The number of carbonyl (C=O) groups excluding carboxylic acids is 2. The molecule has 1 fully saturated rings. The molecular weight excluding hydrogens is 348 g/mol. The number of hydrogen-bond donors (Lipinski definition) is 1. The SMILES string of the molecule is CC1(c2cccc(C#N)c2)NC(=O)N(Cc2nc3ccccc3s2)C1=O. The van der Waals surface area contributed by atoms with E-state index in [1.54, 1.807) is 31.2 Å². The van der Waals surface area contributed by atoms with Crippen molar-refractivity contribution in [3.05, 3.63) is 64.7 Å². The van der Waals surface area contributed by atoms with Crippen LogP contribution in [-0.4, -0.2) is 21.8 Å². The summed E-state index contributed by atoms with van der Waals surface area (Å²) in [6.07, 6.45) is 0. The molecule has 1 aliphatic heterocycles. The monoisotopic (exact) mass is 362 g/mol. The van der Waals surface area contributed by atoms with E-state index in [-0.39, 0.29) is 12.5 Å². The predicted octanol–water partition coefficient (Wildman–Crippen LogP) is 3.14. The Morgan fingerprint density at radius 2 is 2.04 bits per heavy atom. The Morgan fingerprint density at radius 1 is 1.23 bits per heavy atom. The van der Waals surface area contributed by atoms with Crippen LogP contribution >= 0.6 is 11.3 Å². The lowest BCUT2D eigenvalue weighted by atomic mass is 9.91. The van der Waals surface area contributed by atoms with Crippen molar-refractivity contribution in [2.45, 2.75) is 19.0 Å². The maximum atomic E-state index is 13.0. The fourth-order valence-electron chi connectivity index (χ4n) is 3.06. The minimum atomic E-state index is -1.19. The highest BCUT2D eigenvalue weighted by Gasteiger charge is 2.49. The maximum Gasteiger partial charge on any atom is 0.325 e. The molecule has 1 saturated heterocycles. The van der Waals surface area contributed by atoms with Crippen LogP contribution in [0.5, 0.6) is 0 Å². The average molecular weight is 362 g/mol. The zero-order valence-corrected chi connectivity index (χ0v) is 14.7. The van der Waals surface area contributed by atoms with Crippen LogP contribution in [0.1, 0.15) is 23.1 Å². The molecule has 4 rings (SSSR count). The lowest BCUT2D eigenvalue weighted by Crippen LogP contribution is -2.40. The molecule has 1 aliphatic rings. The van der Waals surface area contributed by atoms with E-state index in [1.165, 1.54) is 16.2 Å². The second kappa shape index (κ2) is 5.93. The summed E-state index contributed by atoms with van der Waals surface area (Å²) in [6, 6.07) is 16.0. The predicted molar refractivity (Wildman–Crippen MR) is 97.2 cm³/mol. The van der Waals surface area contributed by atoms with Gasteiger partial charge in [-0.2, -0.15) is 5.26 Å². The van der Waals surface area contributed by atoms with Crippen molar-refractivity contribution in [1.82, 2.24) is 15.2 Å². The molecule has 2 aromatic carbocycles. The molecule has 128 valence electrons. The Kier molecular flexibility index (Phi) is 3.71. The summed E-state index contributed by atoms with van der Waals surface area (Å²) in [6.45, 7) is 1.78. The van der Waals surface area contributed by atoms with Crippen LogP contribution in [0.4, 0.5) is 4.79 Å². The number of fused-ring (bicyclic) bond motifs is 1. The van der Waals surface area contributed by atoms with Crippen molar-refractivity contribution >= 4 is 33.5 Å². The molecule has 0 bridgehead atoms. The minimum absolute atomic E-state index is 0.123. The Morgan fingerprint density at radius 3 is 2.81 bits per heavy atom. The van der Waals surface area contributed by atoms with Gasteiger partial charge in [-0.1, -0.05) is 24.3 Å². The lowest BCUT2D eigenvalue weighted by molar-refractivity contribution is -0.131. The number of urea groups is 1. The lowest BCUT2D eigenvalue weighted by Gasteiger charge is -2.22. The number of amides is 3. The Bertz CT molecular complexity index is 1050. The number of imide groups is 1. The normalized spacial score (nSPS) is 19.6. The molecule has 2 heterocycles. The van der Waals surface area contributed by atoms with Crippen molar-refractivity contribution in [3.8, 4) is 6.07 Å². The van der Waals surface area contributed by atoms with E-state index in [9.17, 15) is 9.59 Å². The van der Waals surface area contributed by atoms with Crippen molar-refractivity contribution < 1.29 is 9.59 Å². The Balaban J connectivity index is 1.65. The number of nitriles is 1. The van der Waals surface area contributed by atoms with Gasteiger partial charge in [-0.3, -0.25) is 9.69 Å². The zero-order chi connectivity index (χ0) is 18.3. The quantitative estimate of drug-likeness (QED) is 0.725. The molecule has 3 aromatic rings. The third-order valence-corrected chi connectivity index (χ3v) is 5.50. The third-order valence-electron chi connectivity index (χ3n) is 4.48. The molecular formula is C19H14N4O2S. The van der Waals surface area contributed by atoms with E-state index in [0.717, 1.165) is 10.2 Å². The number of rotatable bonds is 3. The van der Waals surface area contributed by atoms with Gasteiger partial charge in [-0.25, -0.2) is 9.78 Å². The number of carbonyl (C=O) groups is 2. The molecule has 1 atom stereocenters. The molecule has 6 nitrogen and oxygen atoms in total. The van der Waals surface area contributed by atoms with Gasteiger partial charge in [-0.05, 0) is 36.8 Å². The first-order chi connectivity index (χ1) is 12.5. The van der Waals surface area contributed by atoms with Gasteiger partial charge in [0.05, 0.1) is 28.4 Å². The third kappa shape index (κ3) is 2.52. The van der Waals surface area contributed by atoms with E-state index >= 15 is 0 Å². The topological polar surface area (TPSA) is 86.1 Å². The van der Waals surface area contributed by atoms with Gasteiger partial charge in [0.15, 0.2) is 0 Å². The largest absolute Gasteiger partial charge is 0.325 e. The van der Waals surface area contributed by atoms with E-state index in [0.29, 0.717) is 16.1 Å². The van der Waals surface area contributed by atoms with E-state index in [2.05, 4.69) is 16.4 Å². The van der Waals surface area contributed by atoms with Crippen LogP contribution in [0.25, 0.3) is 10.2 Å². The second-order valence-electron chi connectivity index (χ2n) is 6.21. The van der Waals surface area contributed by atoms with Crippen LogP contribution in [-0.2, 0) is 16.9 Å². The fraction of sp³-hybridized carbons (Fsp3) is 0.158. The van der Waals surface area contributed by atoms with Gasteiger partial charge in [-0.15, -0.1) is 11.3 Å².